The lowest BCUT2D eigenvalue weighted by atomic mass is 10.3. The summed E-state index contributed by atoms with van der Waals surface area (Å²) in [6.07, 6.45) is -0.00887. The summed E-state index contributed by atoms with van der Waals surface area (Å²) in [7, 11) is 0. The van der Waals surface area contributed by atoms with Crippen LogP contribution in [0.4, 0.5) is 0 Å². The van der Waals surface area contributed by atoms with Crippen molar-refractivity contribution in [2.45, 2.75) is 19.4 Å². The Balaban J connectivity index is 2.52. The molecule has 0 aliphatic rings. The molecule has 0 bridgehead atoms. The van der Waals surface area contributed by atoms with Crippen LogP contribution in [0.25, 0.3) is 0 Å². The number of hydrogen-bond acceptors (Lipinski definition) is 3. The van der Waals surface area contributed by atoms with Gasteiger partial charge in [-0.25, -0.2) is 0 Å². The van der Waals surface area contributed by atoms with Crippen molar-refractivity contribution in [3.63, 3.8) is 0 Å². The summed E-state index contributed by atoms with van der Waals surface area (Å²) >= 11 is 5.52. The molecule has 1 rings (SSSR count). The molecule has 0 radical (unpaired) electrons. The predicted octanol–water partition coefficient (Wildman–Crippen LogP) is 2.45. The molecular weight excluding hydrogens is 228 g/mol. The Labute approximate surface area is 101 Å². The molecule has 0 saturated heterocycles. The molecule has 4 heteroatoms. The normalized spacial score (nSPS) is 12.2. The number of halogens is 1. The van der Waals surface area contributed by atoms with Gasteiger partial charge in [-0.15, -0.1) is 11.6 Å². The van der Waals surface area contributed by atoms with Gasteiger partial charge in [-0.1, -0.05) is 12.1 Å². The van der Waals surface area contributed by atoms with Crippen LogP contribution < -0.4 is 9.47 Å². The summed E-state index contributed by atoms with van der Waals surface area (Å²) in [5, 5.41) is 9.48. The van der Waals surface area contributed by atoms with Crippen LogP contribution >= 0.6 is 11.6 Å². The minimum Gasteiger partial charge on any atom is -0.490 e. The minimum atomic E-state index is -0.535. The molecule has 1 unspecified atom stereocenters. The van der Waals surface area contributed by atoms with Crippen molar-refractivity contribution in [1.82, 2.24) is 0 Å². The molecule has 3 nitrogen and oxygen atoms in total. The second-order valence-electron chi connectivity index (χ2n) is 3.32. The fraction of sp³-hybridized carbons (Fsp3) is 0.500. The SMILES string of the molecule is CCOc1ccccc1OCC(O)CCCl. The lowest BCUT2D eigenvalue weighted by Gasteiger charge is -2.14. The lowest BCUT2D eigenvalue weighted by molar-refractivity contribution is 0.103. The predicted molar refractivity (Wildman–Crippen MR) is 64.4 cm³/mol. The van der Waals surface area contributed by atoms with E-state index in [9.17, 15) is 5.11 Å². The van der Waals surface area contributed by atoms with Crippen LogP contribution in [0.1, 0.15) is 13.3 Å². The number of hydrogen-bond donors (Lipinski definition) is 1. The summed E-state index contributed by atoms with van der Waals surface area (Å²) in [5.41, 5.74) is 0. The van der Waals surface area contributed by atoms with Crippen LogP contribution in [0, 0.1) is 0 Å². The van der Waals surface area contributed by atoms with E-state index in [0.29, 0.717) is 30.4 Å². The van der Waals surface area contributed by atoms with Crippen molar-refractivity contribution in [2.75, 3.05) is 19.1 Å². The summed E-state index contributed by atoms with van der Waals surface area (Å²) in [5.74, 6) is 1.78. The van der Waals surface area contributed by atoms with E-state index in [2.05, 4.69) is 0 Å². The lowest BCUT2D eigenvalue weighted by Crippen LogP contribution is -2.18. The zero-order chi connectivity index (χ0) is 11.8. The van der Waals surface area contributed by atoms with Gasteiger partial charge in [0.25, 0.3) is 0 Å². The van der Waals surface area contributed by atoms with E-state index >= 15 is 0 Å². The van der Waals surface area contributed by atoms with Gasteiger partial charge in [0.15, 0.2) is 11.5 Å². The van der Waals surface area contributed by atoms with Gasteiger partial charge >= 0.3 is 0 Å². The number of benzene rings is 1. The second-order valence-corrected chi connectivity index (χ2v) is 3.70. The van der Waals surface area contributed by atoms with Crippen molar-refractivity contribution in [3.8, 4) is 11.5 Å². The molecule has 0 spiro atoms. The topological polar surface area (TPSA) is 38.7 Å². The van der Waals surface area contributed by atoms with E-state index < -0.39 is 6.10 Å². The summed E-state index contributed by atoms with van der Waals surface area (Å²) < 4.78 is 10.9. The largest absolute Gasteiger partial charge is 0.490 e. The maximum absolute atomic E-state index is 9.48. The molecule has 1 N–H and O–H groups in total. The average molecular weight is 245 g/mol. The van der Waals surface area contributed by atoms with E-state index in [1.165, 1.54) is 0 Å². The van der Waals surface area contributed by atoms with Gasteiger partial charge in [0.05, 0.1) is 12.7 Å². The Hall–Kier alpha value is -0.930. The molecule has 90 valence electrons. The molecule has 0 aliphatic heterocycles. The van der Waals surface area contributed by atoms with E-state index in [-0.39, 0.29) is 6.61 Å². The van der Waals surface area contributed by atoms with Gasteiger partial charge in [-0.05, 0) is 25.5 Å². The van der Waals surface area contributed by atoms with Crippen LogP contribution in [0.3, 0.4) is 0 Å². The Kier molecular flexibility index (Phi) is 6.04. The van der Waals surface area contributed by atoms with Crippen LogP contribution in [0.5, 0.6) is 11.5 Å². The third-order valence-electron chi connectivity index (χ3n) is 2.02. The highest BCUT2D eigenvalue weighted by Gasteiger charge is 2.07. The summed E-state index contributed by atoms with van der Waals surface area (Å²) in [6.45, 7) is 2.74. The molecule has 16 heavy (non-hydrogen) atoms. The molecule has 1 aromatic rings. The first kappa shape index (κ1) is 13.1. The highest BCUT2D eigenvalue weighted by atomic mass is 35.5. The zero-order valence-corrected chi connectivity index (χ0v) is 10.1. The van der Waals surface area contributed by atoms with Gasteiger partial charge in [0.1, 0.15) is 6.61 Å². The molecule has 0 aromatic heterocycles. The quantitative estimate of drug-likeness (QED) is 0.749. The van der Waals surface area contributed by atoms with Crippen LogP contribution in [0.15, 0.2) is 24.3 Å². The Morgan fingerprint density at radius 3 is 2.44 bits per heavy atom. The maximum Gasteiger partial charge on any atom is 0.161 e. The maximum atomic E-state index is 9.48. The number of alkyl halides is 1. The Morgan fingerprint density at radius 1 is 1.25 bits per heavy atom. The monoisotopic (exact) mass is 244 g/mol. The van der Waals surface area contributed by atoms with Crippen molar-refractivity contribution >= 4 is 11.6 Å². The van der Waals surface area contributed by atoms with Gasteiger partial charge in [0, 0.05) is 5.88 Å². The highest BCUT2D eigenvalue weighted by Crippen LogP contribution is 2.26. The molecule has 0 saturated carbocycles. The first-order chi connectivity index (χ1) is 7.77. The number of ether oxygens (including phenoxy) is 2. The Morgan fingerprint density at radius 2 is 1.88 bits per heavy atom. The standard InChI is InChI=1S/C12H17ClO3/c1-2-15-11-5-3-4-6-12(11)16-9-10(14)7-8-13/h3-6,10,14H,2,7-9H2,1H3. The van der Waals surface area contributed by atoms with Gasteiger partial charge in [-0.2, -0.15) is 0 Å². The molecule has 0 amide bonds. The van der Waals surface area contributed by atoms with Gasteiger partial charge in [-0.3, -0.25) is 0 Å². The Bertz CT molecular complexity index is 304. The molecule has 0 heterocycles. The number of para-hydroxylation sites is 2. The third kappa shape index (κ3) is 4.29. The molecule has 0 aliphatic carbocycles. The third-order valence-corrected chi connectivity index (χ3v) is 2.24. The summed E-state index contributed by atoms with van der Waals surface area (Å²) in [4.78, 5) is 0. The van der Waals surface area contributed by atoms with E-state index in [1.54, 1.807) is 0 Å². The minimum absolute atomic E-state index is 0.233. The zero-order valence-electron chi connectivity index (χ0n) is 9.36. The highest BCUT2D eigenvalue weighted by molar-refractivity contribution is 6.17. The number of rotatable bonds is 7. The van der Waals surface area contributed by atoms with Gasteiger partial charge < -0.3 is 14.6 Å². The molecule has 0 fully saturated rings. The number of aliphatic hydroxyl groups is 1. The first-order valence-electron chi connectivity index (χ1n) is 5.36. The molecular formula is C12H17ClO3. The molecule has 1 atom stereocenters. The fourth-order valence-corrected chi connectivity index (χ4v) is 1.49. The fourth-order valence-electron chi connectivity index (χ4n) is 1.24. The van der Waals surface area contributed by atoms with Crippen molar-refractivity contribution in [3.05, 3.63) is 24.3 Å². The van der Waals surface area contributed by atoms with Crippen LogP contribution in [-0.4, -0.2) is 30.3 Å². The van der Waals surface area contributed by atoms with Crippen molar-refractivity contribution in [2.24, 2.45) is 0 Å². The van der Waals surface area contributed by atoms with Crippen molar-refractivity contribution < 1.29 is 14.6 Å². The number of aliphatic hydroxyl groups excluding tert-OH is 1. The second kappa shape index (κ2) is 7.36. The smallest absolute Gasteiger partial charge is 0.161 e. The van der Waals surface area contributed by atoms with E-state index in [0.717, 1.165) is 0 Å². The first-order valence-corrected chi connectivity index (χ1v) is 5.90. The van der Waals surface area contributed by atoms with Crippen LogP contribution in [-0.2, 0) is 0 Å². The summed E-state index contributed by atoms with van der Waals surface area (Å²) in [6, 6.07) is 7.41. The van der Waals surface area contributed by atoms with E-state index in [4.69, 9.17) is 21.1 Å². The van der Waals surface area contributed by atoms with Gasteiger partial charge in [0.2, 0.25) is 0 Å². The average Bonchev–Trinajstić information content (AvgIpc) is 2.29. The van der Waals surface area contributed by atoms with Crippen molar-refractivity contribution in [1.29, 1.82) is 0 Å². The molecule has 1 aromatic carbocycles. The van der Waals surface area contributed by atoms with E-state index in [1.807, 2.05) is 31.2 Å². The van der Waals surface area contributed by atoms with Crippen LogP contribution in [0.2, 0.25) is 0 Å².